The van der Waals surface area contributed by atoms with E-state index in [0.29, 0.717) is 6.61 Å². The maximum atomic E-state index is 6.85. The van der Waals surface area contributed by atoms with Crippen molar-refractivity contribution in [2.75, 3.05) is 12.5 Å². The Kier molecular flexibility index (Phi) is 5.11. The van der Waals surface area contributed by atoms with Gasteiger partial charge in [0.2, 0.25) is 0 Å². The molecule has 0 fully saturated rings. The molecule has 0 aliphatic heterocycles. The van der Waals surface area contributed by atoms with Gasteiger partial charge in [-0.1, -0.05) is 12.7 Å². The van der Waals surface area contributed by atoms with Gasteiger partial charge in [0.15, 0.2) is 0 Å². The maximum Gasteiger partial charge on any atom is 0.381 e. The summed E-state index contributed by atoms with van der Waals surface area (Å²) < 4.78 is 9.15. The minimum atomic E-state index is -0.218. The molecule has 0 saturated heterocycles. The molecule has 0 atom stereocenters. The second-order valence-corrected chi connectivity index (χ2v) is 1.42. The van der Waals surface area contributed by atoms with Crippen LogP contribution in [-0.4, -0.2) is 18.6 Å². The molecule has 0 aromatic heterocycles. The zero-order chi connectivity index (χ0) is 7.11. The van der Waals surface area contributed by atoms with Crippen LogP contribution in [-0.2, 0) is 9.47 Å². The molecule has 9 heavy (non-hydrogen) atoms. The normalized spacial score (nSPS) is 8.11. The summed E-state index contributed by atoms with van der Waals surface area (Å²) in [5, 5.41) is 6.85. The predicted octanol–water partition coefficient (Wildman–Crippen LogP) is 1.03. The maximum absolute atomic E-state index is 6.85. The van der Waals surface area contributed by atoms with E-state index >= 15 is 0 Å². The van der Waals surface area contributed by atoms with Crippen LogP contribution in [0.25, 0.3) is 0 Å². The average molecular weight is 147 g/mol. The van der Waals surface area contributed by atoms with Crippen molar-refractivity contribution >= 4 is 18.7 Å². The first-order valence-corrected chi connectivity index (χ1v) is 3.00. The van der Waals surface area contributed by atoms with Crippen molar-refractivity contribution in [1.82, 2.24) is 0 Å². The van der Waals surface area contributed by atoms with Crippen LogP contribution in [0.15, 0.2) is 12.7 Å². The van der Waals surface area contributed by atoms with E-state index in [1.165, 1.54) is 6.08 Å². The summed E-state index contributed by atoms with van der Waals surface area (Å²) in [7, 11) is 0. The highest BCUT2D eigenvalue weighted by Gasteiger charge is 1.91. The molecule has 0 bridgehead atoms. The van der Waals surface area contributed by atoms with Crippen molar-refractivity contribution in [2.45, 2.75) is 0 Å². The highest BCUT2D eigenvalue weighted by molar-refractivity contribution is 7.80. The number of hydrogen-bond donors (Lipinski definition) is 2. The molecule has 3 nitrogen and oxygen atoms in total. The highest BCUT2D eigenvalue weighted by atomic mass is 32.1. The van der Waals surface area contributed by atoms with Crippen LogP contribution in [0.1, 0.15) is 0 Å². The average Bonchev–Trinajstić information content (AvgIpc) is 1.85. The Morgan fingerprint density at radius 3 is 2.78 bits per heavy atom. The number of ether oxygens (including phenoxy) is 2. The van der Waals surface area contributed by atoms with Crippen molar-refractivity contribution in [3.8, 4) is 0 Å². The topological polar surface area (TPSA) is 42.3 Å². The fourth-order valence-corrected chi connectivity index (χ4v) is 0.352. The Balaban J connectivity index is 3.16. The number of rotatable bonds is 3. The van der Waals surface area contributed by atoms with Crippen molar-refractivity contribution in [1.29, 1.82) is 5.41 Å². The molecule has 0 rings (SSSR count). The van der Waals surface area contributed by atoms with Crippen LogP contribution in [0.4, 0.5) is 0 Å². The Morgan fingerprint density at radius 2 is 2.33 bits per heavy atom. The molecular weight excluding hydrogens is 138 g/mol. The van der Waals surface area contributed by atoms with Gasteiger partial charge in [-0.3, -0.25) is 0 Å². The summed E-state index contributed by atoms with van der Waals surface area (Å²) in [6.07, 6.45) is 1.32. The Morgan fingerprint density at radius 1 is 1.67 bits per heavy atom. The monoisotopic (exact) mass is 147 g/mol. The first kappa shape index (κ1) is 8.36. The minimum absolute atomic E-state index is 0.163. The molecule has 0 saturated carbocycles. The lowest BCUT2D eigenvalue weighted by atomic mass is 10.7. The van der Waals surface area contributed by atoms with Gasteiger partial charge >= 0.3 is 6.08 Å². The molecule has 1 N–H and O–H groups in total. The largest absolute Gasteiger partial charge is 0.447 e. The molecule has 0 aromatic rings. The van der Waals surface area contributed by atoms with Crippen molar-refractivity contribution < 1.29 is 9.47 Å². The second-order valence-electron chi connectivity index (χ2n) is 1.16. The minimum Gasteiger partial charge on any atom is -0.447 e. The van der Waals surface area contributed by atoms with E-state index in [-0.39, 0.29) is 12.0 Å². The zero-order valence-electron chi connectivity index (χ0n) is 4.96. The van der Waals surface area contributed by atoms with E-state index in [4.69, 9.17) is 5.41 Å². The zero-order valence-corrected chi connectivity index (χ0v) is 5.86. The Bertz CT molecular complexity index is 105. The quantitative estimate of drug-likeness (QED) is 0.206. The molecule has 0 spiro atoms. The van der Waals surface area contributed by atoms with Gasteiger partial charge in [-0.05, 0) is 0 Å². The van der Waals surface area contributed by atoms with Crippen molar-refractivity contribution in [3.63, 3.8) is 0 Å². The lowest BCUT2D eigenvalue weighted by molar-refractivity contribution is 0.207. The lowest BCUT2D eigenvalue weighted by Gasteiger charge is -2.02. The lowest BCUT2D eigenvalue weighted by Crippen LogP contribution is -2.06. The molecule has 52 valence electrons. The predicted molar refractivity (Wildman–Crippen MR) is 38.8 cm³/mol. The van der Waals surface area contributed by atoms with Gasteiger partial charge in [0, 0.05) is 0 Å². The number of hydrogen-bond acceptors (Lipinski definition) is 4. The molecule has 0 unspecified atom stereocenters. The first-order chi connectivity index (χ1) is 4.31. The summed E-state index contributed by atoms with van der Waals surface area (Å²) in [5.41, 5.74) is 0. The van der Waals surface area contributed by atoms with Crippen LogP contribution >= 0.6 is 12.6 Å². The van der Waals surface area contributed by atoms with E-state index < -0.39 is 0 Å². The van der Waals surface area contributed by atoms with Gasteiger partial charge in [0.1, 0.15) is 12.5 Å². The third-order valence-corrected chi connectivity index (χ3v) is 0.657. The van der Waals surface area contributed by atoms with E-state index in [9.17, 15) is 0 Å². The van der Waals surface area contributed by atoms with E-state index in [1.54, 1.807) is 0 Å². The van der Waals surface area contributed by atoms with Crippen LogP contribution in [0, 0.1) is 5.41 Å². The van der Waals surface area contributed by atoms with Gasteiger partial charge in [-0.25, -0.2) is 5.41 Å². The molecule has 0 amide bonds. The smallest absolute Gasteiger partial charge is 0.381 e. The first-order valence-electron chi connectivity index (χ1n) is 2.37. The van der Waals surface area contributed by atoms with E-state index in [2.05, 4.69) is 28.7 Å². The van der Waals surface area contributed by atoms with Gasteiger partial charge in [-0.15, -0.1) is 12.6 Å². The summed E-state index contributed by atoms with van der Waals surface area (Å²) in [4.78, 5) is 0. The van der Waals surface area contributed by atoms with Crippen molar-refractivity contribution in [3.05, 3.63) is 12.7 Å². The fourth-order valence-electron chi connectivity index (χ4n) is 0.235. The summed E-state index contributed by atoms with van der Waals surface area (Å²) in [5.74, 6) is 0.163. The van der Waals surface area contributed by atoms with E-state index in [0.717, 1.165) is 0 Å². The van der Waals surface area contributed by atoms with Gasteiger partial charge in [0.05, 0.1) is 0 Å². The standard InChI is InChI=1S/C5H9NO2S/c1-2-3-7-5(6)8-4-9/h2,6,9H,1,3-4H2. The van der Waals surface area contributed by atoms with Crippen LogP contribution in [0.3, 0.4) is 0 Å². The Labute approximate surface area is 59.6 Å². The SMILES string of the molecule is C=CCOC(=N)OCS. The number of nitrogens with one attached hydrogen (secondary N) is 1. The van der Waals surface area contributed by atoms with Crippen LogP contribution < -0.4 is 0 Å². The van der Waals surface area contributed by atoms with Gasteiger partial charge in [-0.2, -0.15) is 0 Å². The third-order valence-electron chi connectivity index (χ3n) is 0.528. The summed E-state index contributed by atoms with van der Waals surface area (Å²) in [6, 6.07) is 0. The van der Waals surface area contributed by atoms with Gasteiger partial charge in [0.25, 0.3) is 0 Å². The van der Waals surface area contributed by atoms with Crippen LogP contribution in [0.5, 0.6) is 0 Å². The van der Waals surface area contributed by atoms with E-state index in [1.807, 2.05) is 0 Å². The van der Waals surface area contributed by atoms with Crippen LogP contribution in [0.2, 0.25) is 0 Å². The second kappa shape index (κ2) is 5.50. The third kappa shape index (κ3) is 5.23. The summed E-state index contributed by atoms with van der Waals surface area (Å²) >= 11 is 3.71. The molecule has 0 aromatic carbocycles. The number of thiol groups is 1. The molecule has 0 heterocycles. The van der Waals surface area contributed by atoms with Gasteiger partial charge < -0.3 is 9.47 Å². The molecule has 0 aliphatic rings. The fraction of sp³-hybridized carbons (Fsp3) is 0.400. The van der Waals surface area contributed by atoms with Crippen molar-refractivity contribution in [2.24, 2.45) is 0 Å². The molecule has 4 heteroatoms. The highest BCUT2D eigenvalue weighted by Crippen LogP contribution is 1.84. The molecular formula is C5H9NO2S. The summed E-state index contributed by atoms with van der Waals surface area (Å²) in [6.45, 7) is 3.69. The Hall–Kier alpha value is -0.640. The molecule has 0 aliphatic carbocycles. The molecule has 0 radical (unpaired) electrons.